The number of aromatic amines is 2. The Morgan fingerprint density at radius 3 is 1.55 bits per heavy atom. The monoisotopic (exact) mass is 1140 g/mol. The molecule has 0 spiro atoms. The summed E-state index contributed by atoms with van der Waals surface area (Å²) >= 11 is 2.22. The van der Waals surface area contributed by atoms with Crippen LogP contribution in [-0.4, -0.2) is 112 Å². The van der Waals surface area contributed by atoms with Gasteiger partial charge in [-0.1, -0.05) is 6.07 Å². The first-order chi connectivity index (χ1) is 36.3. The molecule has 0 saturated carbocycles. The van der Waals surface area contributed by atoms with Crippen molar-refractivity contribution in [3.05, 3.63) is 156 Å². The number of amides is 2. The number of nitrogens with one attached hydrogen (secondary N) is 4. The molecule has 0 unspecified atom stereocenters. The highest BCUT2D eigenvalue weighted by atomic mass is 127. The van der Waals surface area contributed by atoms with Crippen LogP contribution in [0.15, 0.2) is 119 Å². The van der Waals surface area contributed by atoms with E-state index in [0.29, 0.717) is 48.9 Å². The summed E-state index contributed by atoms with van der Waals surface area (Å²) in [6.45, 7) is 17.5. The number of aryl methyl sites for hydroxylation is 4. The molecule has 0 radical (unpaired) electrons. The van der Waals surface area contributed by atoms with E-state index in [1.165, 1.54) is 0 Å². The number of ether oxygens (including phenoxy) is 2. The van der Waals surface area contributed by atoms with E-state index in [2.05, 4.69) is 63.2 Å². The van der Waals surface area contributed by atoms with Gasteiger partial charge in [-0.3, -0.25) is 28.5 Å². The zero-order valence-electron chi connectivity index (χ0n) is 44.0. The number of hydrogen-bond acceptors (Lipinski definition) is 12. The summed E-state index contributed by atoms with van der Waals surface area (Å²) in [5.41, 5.74) is 9.64. The average Bonchev–Trinajstić information content (AvgIpc) is 4.10. The molecule has 0 aliphatic carbocycles. The Morgan fingerprint density at radius 2 is 1.08 bits per heavy atom. The summed E-state index contributed by atoms with van der Waals surface area (Å²) in [5, 5.41) is 16.2. The minimum absolute atomic E-state index is 0.129. The van der Waals surface area contributed by atoms with Gasteiger partial charge in [-0.05, 0) is 148 Å². The van der Waals surface area contributed by atoms with E-state index < -0.39 is 0 Å². The van der Waals surface area contributed by atoms with Crippen LogP contribution in [-0.2, 0) is 32.9 Å². The van der Waals surface area contributed by atoms with Crippen molar-refractivity contribution in [2.45, 2.75) is 52.7 Å². The molecule has 4 aromatic carbocycles. The number of hydrogen-bond donors (Lipinski definition) is 4. The third-order valence-corrected chi connectivity index (χ3v) is 14.7. The van der Waals surface area contributed by atoms with Crippen LogP contribution in [0.25, 0.3) is 32.9 Å². The zero-order valence-corrected chi connectivity index (χ0v) is 46.1. The molecule has 20 heteroatoms. The summed E-state index contributed by atoms with van der Waals surface area (Å²) in [5.74, 6) is -0.343. The molecular weight excluding hydrogens is 1080 g/mol. The second kappa shape index (κ2) is 22.6. The fourth-order valence-corrected chi connectivity index (χ4v) is 9.75. The Balaban J connectivity index is 0.000000149. The van der Waals surface area contributed by atoms with Crippen LogP contribution in [0.5, 0.6) is 0 Å². The third kappa shape index (κ3) is 12.3. The number of H-pyrrole nitrogens is 2. The largest absolute Gasteiger partial charge is 0.498 e. The van der Waals surface area contributed by atoms with Crippen LogP contribution >= 0.6 is 22.6 Å². The first-order valence-corrected chi connectivity index (χ1v) is 26.2. The number of rotatable bonds is 8. The fourth-order valence-electron chi connectivity index (χ4n) is 9.26. The molecule has 7 heterocycles. The van der Waals surface area contributed by atoms with Gasteiger partial charge in [-0.15, -0.1) is 0 Å². The van der Waals surface area contributed by atoms with Gasteiger partial charge in [-0.2, -0.15) is 10.2 Å². The zero-order chi connectivity index (χ0) is 53.9. The third-order valence-electron chi connectivity index (χ3n) is 14.1. The molecule has 3 saturated heterocycles. The van der Waals surface area contributed by atoms with Gasteiger partial charge in [0.2, 0.25) is 11.1 Å². The first kappa shape index (κ1) is 53.7. The van der Waals surface area contributed by atoms with E-state index in [4.69, 9.17) is 18.8 Å². The molecule has 18 nitrogen and oxygen atoms in total. The molecule has 3 fully saturated rings. The number of carbonyl (C=O) groups is 2. The topological polar surface area (TPSA) is 203 Å². The molecular formula is C56H62BIN10O8. The van der Waals surface area contributed by atoms with Gasteiger partial charge in [0, 0.05) is 130 Å². The number of aromatic nitrogens is 6. The van der Waals surface area contributed by atoms with Crippen molar-refractivity contribution in [1.29, 1.82) is 0 Å². The van der Waals surface area contributed by atoms with Gasteiger partial charge in [0.1, 0.15) is 0 Å². The normalized spacial score (nSPS) is 15.9. The van der Waals surface area contributed by atoms with Crippen LogP contribution in [0.2, 0.25) is 0 Å². The van der Waals surface area contributed by atoms with Gasteiger partial charge in [0.25, 0.3) is 11.8 Å². The number of morpholine rings is 2. The highest BCUT2D eigenvalue weighted by Gasteiger charge is 2.52. The number of benzene rings is 4. The quantitative estimate of drug-likeness (QED) is 0.0860. The van der Waals surface area contributed by atoms with E-state index in [0.717, 1.165) is 90.6 Å². The van der Waals surface area contributed by atoms with Crippen molar-refractivity contribution in [1.82, 2.24) is 29.5 Å². The SMILES string of the molecule is Cc1cc(=O)[nH]c2ccc(NC(=O)c3cc(-c4cnn(C)c4)ccc3N3CCOCC3)cc12.Cc1cc(=O)[nH]c2ccc(NC(=O)c3cc(I)ccc3N3CCOCC3)cc12.Cn1cc(B2OC(C)(C)C(C)(C)O2)cn1. The van der Waals surface area contributed by atoms with Crippen LogP contribution in [0.3, 0.4) is 0 Å². The molecule has 4 aromatic heterocycles. The molecule has 3 aliphatic heterocycles. The summed E-state index contributed by atoms with van der Waals surface area (Å²) < 4.78 is 27.2. The Hall–Kier alpha value is -7.11. The van der Waals surface area contributed by atoms with Crippen molar-refractivity contribution < 1.29 is 28.4 Å². The molecule has 0 bridgehead atoms. The maximum atomic E-state index is 13.5. The van der Waals surface area contributed by atoms with E-state index in [-0.39, 0.29) is 41.3 Å². The van der Waals surface area contributed by atoms with Gasteiger partial charge < -0.3 is 49.2 Å². The lowest BCUT2D eigenvalue weighted by atomic mass is 9.82. The Bertz CT molecular complexity index is 3540. The minimum atomic E-state index is -0.302. The minimum Gasteiger partial charge on any atom is -0.399 e. The fraction of sp³-hybridized carbons (Fsp3) is 0.321. The number of halogens is 1. The van der Waals surface area contributed by atoms with Crippen molar-refractivity contribution in [2.75, 3.05) is 73.0 Å². The van der Waals surface area contributed by atoms with Gasteiger partial charge in [0.05, 0.1) is 55.0 Å². The number of carbonyl (C=O) groups excluding carboxylic acids is 2. The molecule has 0 atom stereocenters. The van der Waals surface area contributed by atoms with Gasteiger partial charge in [-0.25, -0.2) is 0 Å². The Kier molecular flexibility index (Phi) is 16.0. The van der Waals surface area contributed by atoms with Crippen molar-refractivity contribution >= 4 is 91.5 Å². The highest BCUT2D eigenvalue weighted by molar-refractivity contribution is 14.1. The molecule has 11 rings (SSSR count). The smallest absolute Gasteiger partial charge is 0.399 e. The lowest BCUT2D eigenvalue weighted by Crippen LogP contribution is -2.41. The second-order valence-corrected chi connectivity index (χ2v) is 21.3. The van der Waals surface area contributed by atoms with Crippen LogP contribution in [0, 0.1) is 17.4 Å². The van der Waals surface area contributed by atoms with E-state index >= 15 is 0 Å². The Morgan fingerprint density at radius 1 is 0.605 bits per heavy atom. The van der Waals surface area contributed by atoms with Gasteiger partial charge in [0.15, 0.2) is 0 Å². The number of fused-ring (bicyclic) bond motifs is 2. The maximum absolute atomic E-state index is 13.5. The summed E-state index contributed by atoms with van der Waals surface area (Å²) in [4.78, 5) is 60.0. The second-order valence-electron chi connectivity index (χ2n) is 20.1. The van der Waals surface area contributed by atoms with E-state index in [1.807, 2.05) is 129 Å². The lowest BCUT2D eigenvalue weighted by molar-refractivity contribution is 0.00578. The summed E-state index contributed by atoms with van der Waals surface area (Å²) in [7, 11) is 3.45. The molecule has 3 aliphatic rings. The van der Waals surface area contributed by atoms with E-state index in [9.17, 15) is 19.2 Å². The predicted molar refractivity (Wildman–Crippen MR) is 307 cm³/mol. The van der Waals surface area contributed by atoms with Gasteiger partial charge >= 0.3 is 7.12 Å². The Labute approximate surface area is 454 Å². The van der Waals surface area contributed by atoms with Crippen LogP contribution in [0.1, 0.15) is 59.5 Å². The van der Waals surface area contributed by atoms with Crippen molar-refractivity contribution in [3.63, 3.8) is 0 Å². The van der Waals surface area contributed by atoms with Crippen molar-refractivity contribution in [2.24, 2.45) is 14.1 Å². The molecule has 76 heavy (non-hydrogen) atoms. The highest BCUT2D eigenvalue weighted by Crippen LogP contribution is 2.37. The molecule has 2 amide bonds. The maximum Gasteiger partial charge on any atom is 0.498 e. The molecule has 394 valence electrons. The number of pyridine rings is 2. The lowest BCUT2D eigenvalue weighted by Gasteiger charge is -2.32. The molecule has 4 N–H and O–H groups in total. The van der Waals surface area contributed by atoms with Crippen LogP contribution < -0.4 is 37.0 Å². The molecule has 8 aromatic rings. The van der Waals surface area contributed by atoms with E-state index in [1.54, 1.807) is 46.0 Å². The van der Waals surface area contributed by atoms with Crippen LogP contribution in [0.4, 0.5) is 22.7 Å². The number of anilines is 4. The standard InChI is InChI=1S/C25H25N5O3.C21H20IN3O3.C10H17BN2O2/c1-16-11-24(31)28-22-5-4-19(13-20(16)22)27-25(32)21-12-17(18-14-26-29(2)15-18)3-6-23(21)30-7-9-33-10-8-30;1-13-10-20(26)24-18-4-3-15(12-16(13)18)23-21(27)17-11-14(22)2-5-19(17)25-6-8-28-9-7-25;1-9(2)10(3,4)15-11(14-9)8-6-12-13(5)7-8/h3-6,11-15H,7-10H2,1-2H3,(H,27,32)(H,28,31);2-5,10-12H,6-9H2,1H3,(H,23,27)(H,24,26);6-7H,1-5H3. The van der Waals surface area contributed by atoms with Crippen molar-refractivity contribution in [3.8, 4) is 11.1 Å². The summed E-state index contributed by atoms with van der Waals surface area (Å²) in [6.07, 6.45) is 7.42. The number of nitrogens with zero attached hydrogens (tertiary/aromatic N) is 6. The predicted octanol–water partition coefficient (Wildman–Crippen LogP) is 7.58. The summed E-state index contributed by atoms with van der Waals surface area (Å²) in [6, 6.07) is 26.0. The average molecular weight is 1140 g/mol. The first-order valence-electron chi connectivity index (χ1n) is 25.1.